The molecule has 0 spiro atoms. The van der Waals surface area contributed by atoms with Crippen LogP contribution in [-0.2, 0) is 27.1 Å². The van der Waals surface area contributed by atoms with E-state index in [4.69, 9.17) is 34.8 Å². The second-order valence-electron chi connectivity index (χ2n) is 7.51. The van der Waals surface area contributed by atoms with Crippen LogP contribution < -0.4 is 0 Å². The minimum Gasteiger partial charge on any atom is -0.341 e. The molecule has 9 heteroatoms. The molecule has 162 valence electrons. The van der Waals surface area contributed by atoms with Crippen LogP contribution >= 0.6 is 34.8 Å². The monoisotopic (exact) mass is 488 g/mol. The van der Waals surface area contributed by atoms with Crippen LogP contribution in [-0.4, -0.2) is 43.7 Å². The lowest BCUT2D eigenvalue weighted by Crippen LogP contribution is -2.46. The Labute approximate surface area is 192 Å². The molecule has 1 atom stereocenters. The average molecular weight is 490 g/mol. The van der Waals surface area contributed by atoms with Gasteiger partial charge >= 0.3 is 0 Å². The molecule has 0 aromatic heterocycles. The fourth-order valence-corrected chi connectivity index (χ4v) is 5.90. The normalized spacial score (nSPS) is 17.7. The van der Waals surface area contributed by atoms with E-state index < -0.39 is 10.0 Å². The molecule has 3 rings (SSSR count). The summed E-state index contributed by atoms with van der Waals surface area (Å²) >= 11 is 17.9. The molecule has 1 aliphatic heterocycles. The molecular formula is C21H23Cl3N2O3S. The van der Waals surface area contributed by atoms with Crippen LogP contribution in [0.3, 0.4) is 0 Å². The van der Waals surface area contributed by atoms with Gasteiger partial charge in [0.15, 0.2) is 0 Å². The highest BCUT2D eigenvalue weighted by atomic mass is 35.5. The van der Waals surface area contributed by atoms with Gasteiger partial charge in [-0.1, -0.05) is 53.0 Å². The second-order valence-corrected chi connectivity index (χ2v) is 10.8. The molecule has 0 N–H and O–H groups in total. The summed E-state index contributed by atoms with van der Waals surface area (Å²) in [6.07, 6.45) is 1.30. The summed E-state index contributed by atoms with van der Waals surface area (Å²) in [7, 11) is -1.87. The van der Waals surface area contributed by atoms with Gasteiger partial charge in [0, 0.05) is 41.7 Å². The highest BCUT2D eigenvalue weighted by Crippen LogP contribution is 2.27. The number of nitrogens with zero attached hydrogens (tertiary/aromatic N) is 2. The zero-order valence-electron chi connectivity index (χ0n) is 16.5. The maximum atomic E-state index is 12.9. The van der Waals surface area contributed by atoms with E-state index in [2.05, 4.69) is 0 Å². The molecule has 1 fully saturated rings. The number of carbonyl (C=O) groups is 1. The standard InChI is InChI=1S/C21H23Cl3N2O3S/c1-25(12-15-4-7-18(22)8-5-15)21(27)16-3-2-10-26(13-16)30(28,29)14-17-6-9-19(23)11-20(17)24/h4-9,11,16H,2-3,10,12-14H2,1H3/t16-/m1/s1. The van der Waals surface area contributed by atoms with Gasteiger partial charge in [0.25, 0.3) is 0 Å². The van der Waals surface area contributed by atoms with Crippen molar-refractivity contribution in [3.05, 3.63) is 68.7 Å². The van der Waals surface area contributed by atoms with Crippen molar-refractivity contribution in [2.45, 2.75) is 25.1 Å². The zero-order valence-corrected chi connectivity index (χ0v) is 19.6. The summed E-state index contributed by atoms with van der Waals surface area (Å²) in [6.45, 7) is 1.02. The quantitative estimate of drug-likeness (QED) is 0.583. The van der Waals surface area contributed by atoms with E-state index >= 15 is 0 Å². The van der Waals surface area contributed by atoms with Crippen LogP contribution in [0.2, 0.25) is 15.1 Å². The van der Waals surface area contributed by atoms with Gasteiger partial charge in [-0.25, -0.2) is 12.7 Å². The van der Waals surface area contributed by atoms with Gasteiger partial charge in [-0.05, 0) is 48.2 Å². The SMILES string of the molecule is CN(Cc1ccc(Cl)cc1)C(=O)[C@@H]1CCCN(S(=O)(=O)Cc2ccc(Cl)cc2Cl)C1. The fourth-order valence-electron chi connectivity index (χ4n) is 3.58. The number of halogens is 3. The molecule has 0 unspecified atom stereocenters. The maximum Gasteiger partial charge on any atom is 0.227 e. The highest BCUT2D eigenvalue weighted by molar-refractivity contribution is 7.88. The van der Waals surface area contributed by atoms with Gasteiger partial charge in [0.2, 0.25) is 15.9 Å². The first-order chi connectivity index (χ1) is 14.2. The Morgan fingerprint density at radius 2 is 1.77 bits per heavy atom. The molecule has 1 saturated heterocycles. The van der Waals surface area contributed by atoms with Gasteiger partial charge in [0.1, 0.15) is 0 Å². The number of carbonyl (C=O) groups excluding carboxylic acids is 1. The van der Waals surface area contributed by atoms with E-state index in [1.165, 1.54) is 10.4 Å². The zero-order chi connectivity index (χ0) is 21.9. The van der Waals surface area contributed by atoms with Crippen LogP contribution in [0.1, 0.15) is 24.0 Å². The molecule has 2 aromatic carbocycles. The first kappa shape index (κ1) is 23.4. The third-order valence-corrected chi connectivity index (χ3v) is 7.82. The predicted octanol–water partition coefficient (Wildman–Crippen LogP) is 4.85. The Balaban J connectivity index is 1.66. The van der Waals surface area contributed by atoms with Gasteiger partial charge in [-0.15, -0.1) is 0 Å². The maximum absolute atomic E-state index is 12.9. The summed E-state index contributed by atoms with van der Waals surface area (Å²) in [5.41, 5.74) is 1.46. The smallest absolute Gasteiger partial charge is 0.227 e. The molecular weight excluding hydrogens is 467 g/mol. The van der Waals surface area contributed by atoms with E-state index in [0.29, 0.717) is 46.6 Å². The molecule has 0 aliphatic carbocycles. The van der Waals surface area contributed by atoms with Crippen LogP contribution in [0.5, 0.6) is 0 Å². The van der Waals surface area contributed by atoms with Crippen molar-refractivity contribution in [3.63, 3.8) is 0 Å². The summed E-state index contributed by atoms with van der Waals surface area (Å²) < 4.78 is 27.3. The van der Waals surface area contributed by atoms with Crippen LogP contribution in [0, 0.1) is 5.92 Å². The summed E-state index contributed by atoms with van der Waals surface area (Å²) in [4.78, 5) is 14.6. The molecule has 1 aliphatic rings. The van der Waals surface area contributed by atoms with Crippen molar-refractivity contribution >= 4 is 50.7 Å². The fraction of sp³-hybridized carbons (Fsp3) is 0.381. The number of piperidine rings is 1. The number of hydrogen-bond donors (Lipinski definition) is 0. The van der Waals surface area contributed by atoms with Crippen molar-refractivity contribution in [2.24, 2.45) is 5.92 Å². The summed E-state index contributed by atoms with van der Waals surface area (Å²) in [5, 5.41) is 1.41. The Bertz CT molecular complexity index is 1010. The second kappa shape index (κ2) is 9.88. The third kappa shape index (κ3) is 5.89. The van der Waals surface area contributed by atoms with Crippen molar-refractivity contribution in [2.75, 3.05) is 20.1 Å². The number of benzene rings is 2. The molecule has 0 saturated carbocycles. The molecule has 1 amide bonds. The first-order valence-electron chi connectivity index (χ1n) is 9.57. The highest BCUT2D eigenvalue weighted by Gasteiger charge is 2.34. The van der Waals surface area contributed by atoms with E-state index in [9.17, 15) is 13.2 Å². The minimum atomic E-state index is -3.61. The van der Waals surface area contributed by atoms with Crippen LogP contribution in [0.4, 0.5) is 0 Å². The largest absolute Gasteiger partial charge is 0.341 e. The lowest BCUT2D eigenvalue weighted by molar-refractivity contribution is -0.135. The molecule has 0 bridgehead atoms. The Kier molecular flexibility index (Phi) is 7.69. The minimum absolute atomic E-state index is 0.0608. The number of rotatable bonds is 6. The topological polar surface area (TPSA) is 57.7 Å². The molecule has 0 radical (unpaired) electrons. The number of amides is 1. The lowest BCUT2D eigenvalue weighted by atomic mass is 9.98. The lowest BCUT2D eigenvalue weighted by Gasteiger charge is -2.33. The Morgan fingerprint density at radius 1 is 1.10 bits per heavy atom. The Morgan fingerprint density at radius 3 is 2.43 bits per heavy atom. The summed E-state index contributed by atoms with van der Waals surface area (Å²) in [6, 6.07) is 12.1. The van der Waals surface area contributed by atoms with E-state index in [1.54, 1.807) is 36.2 Å². The van der Waals surface area contributed by atoms with Crippen LogP contribution in [0.25, 0.3) is 0 Å². The third-order valence-electron chi connectivity index (χ3n) is 5.19. The molecule has 30 heavy (non-hydrogen) atoms. The molecule has 1 heterocycles. The number of sulfonamides is 1. The van der Waals surface area contributed by atoms with Gasteiger partial charge in [-0.2, -0.15) is 0 Å². The molecule has 2 aromatic rings. The average Bonchev–Trinajstić information content (AvgIpc) is 2.71. The number of hydrogen-bond acceptors (Lipinski definition) is 3. The van der Waals surface area contributed by atoms with E-state index in [0.717, 1.165) is 5.56 Å². The van der Waals surface area contributed by atoms with E-state index in [1.807, 2.05) is 12.1 Å². The Hall–Kier alpha value is -1.31. The van der Waals surface area contributed by atoms with Gasteiger partial charge in [0.05, 0.1) is 11.7 Å². The van der Waals surface area contributed by atoms with Gasteiger partial charge < -0.3 is 4.90 Å². The van der Waals surface area contributed by atoms with Crippen molar-refractivity contribution in [1.82, 2.24) is 9.21 Å². The van der Waals surface area contributed by atoms with Crippen LogP contribution in [0.15, 0.2) is 42.5 Å². The summed E-state index contributed by atoms with van der Waals surface area (Å²) in [5.74, 6) is -0.647. The van der Waals surface area contributed by atoms with E-state index in [-0.39, 0.29) is 24.1 Å². The van der Waals surface area contributed by atoms with Gasteiger partial charge in [-0.3, -0.25) is 4.79 Å². The molecule has 5 nitrogen and oxygen atoms in total. The van der Waals surface area contributed by atoms with Crippen molar-refractivity contribution in [3.8, 4) is 0 Å². The van der Waals surface area contributed by atoms with Crippen molar-refractivity contribution < 1.29 is 13.2 Å². The first-order valence-corrected chi connectivity index (χ1v) is 12.3. The predicted molar refractivity (Wildman–Crippen MR) is 121 cm³/mol. The van der Waals surface area contributed by atoms with Crippen molar-refractivity contribution in [1.29, 1.82) is 0 Å².